The summed E-state index contributed by atoms with van der Waals surface area (Å²) in [7, 11) is 0. The summed E-state index contributed by atoms with van der Waals surface area (Å²) in [5, 5.41) is 2.04. The van der Waals surface area contributed by atoms with E-state index in [2.05, 4.69) is 152 Å². The third-order valence-electron chi connectivity index (χ3n) is 14.9. The molecule has 2 aromatic heterocycles. The Morgan fingerprint density at radius 3 is 1.96 bits per heavy atom. The van der Waals surface area contributed by atoms with Crippen molar-refractivity contribution in [2.24, 2.45) is 0 Å². The maximum absolute atomic E-state index is 9.39. The van der Waals surface area contributed by atoms with Gasteiger partial charge in [-0.2, -0.15) is 12.1 Å². The third kappa shape index (κ3) is 8.16. The van der Waals surface area contributed by atoms with Crippen LogP contribution in [0.5, 0.6) is 11.5 Å². The Morgan fingerprint density at radius 2 is 1.26 bits per heavy atom. The van der Waals surface area contributed by atoms with Crippen molar-refractivity contribution in [1.82, 2.24) is 18.5 Å². The molecular formula is C68H63N4OPt-. The number of nitrogens with zero attached hydrogens (tertiary/aromatic N) is 4. The zero-order valence-corrected chi connectivity index (χ0v) is 45.5. The molecule has 2 atom stereocenters. The number of benzene rings is 8. The van der Waals surface area contributed by atoms with Gasteiger partial charge in [-0.05, 0) is 97.8 Å². The number of hydrogen-bond donors (Lipinski definition) is 0. The molecule has 0 radical (unpaired) electrons. The van der Waals surface area contributed by atoms with E-state index in [9.17, 15) is 2.74 Å². The molecule has 10 aromatic rings. The molecular weight excluding hydrogens is 1080 g/mol. The predicted molar refractivity (Wildman–Crippen MR) is 305 cm³/mol. The van der Waals surface area contributed by atoms with E-state index in [1.165, 1.54) is 0 Å². The van der Waals surface area contributed by atoms with Crippen molar-refractivity contribution in [3.05, 3.63) is 223 Å². The second-order valence-electron chi connectivity index (χ2n) is 22.8. The number of pyridine rings is 1. The second-order valence-corrected chi connectivity index (χ2v) is 22.8. The summed E-state index contributed by atoms with van der Waals surface area (Å²) in [6.07, 6.45) is 1.86. The van der Waals surface area contributed by atoms with Crippen LogP contribution in [0.3, 0.4) is 0 Å². The van der Waals surface area contributed by atoms with E-state index >= 15 is 0 Å². The van der Waals surface area contributed by atoms with Gasteiger partial charge in [0, 0.05) is 76.8 Å². The molecule has 6 heteroatoms. The first kappa shape index (κ1) is 40.5. The van der Waals surface area contributed by atoms with Crippen molar-refractivity contribution >= 4 is 44.6 Å². The SMILES string of the molecule is [2H]c1c([2H])c([2H])c(-c2cccc(-c3cc(C(C)(C)C)cc(C(C)(C)C)c3)c2[N@+]23[CH-][N@+](c4[c-]c(Oc5[c-]c6c(cc5)c5cc(-c7ccccc7)ccc5n6-c5cc(C(C)(C)C)ccn5)ccc4)(C2)c2cccc(C([2H])([2H])[2H])c23)c([2H])c1[2H].[Pt]. The molecule has 5 heterocycles. The fourth-order valence-corrected chi connectivity index (χ4v) is 11.0. The molecule has 74 heavy (non-hydrogen) atoms. The number of hydrogen-bond acceptors (Lipinski definition) is 2. The van der Waals surface area contributed by atoms with Gasteiger partial charge in [0.2, 0.25) is 0 Å². The number of aryl methyl sites for hydroxylation is 1. The minimum absolute atomic E-state index is 0. The van der Waals surface area contributed by atoms with E-state index in [-0.39, 0.29) is 76.2 Å². The van der Waals surface area contributed by atoms with Crippen LogP contribution in [-0.4, -0.2) is 16.2 Å². The van der Waals surface area contributed by atoms with E-state index in [0.29, 0.717) is 34.1 Å². The molecule has 372 valence electrons. The van der Waals surface area contributed by atoms with Crippen LogP contribution in [-0.2, 0) is 37.3 Å². The van der Waals surface area contributed by atoms with Crippen molar-refractivity contribution in [3.8, 4) is 50.7 Å². The van der Waals surface area contributed by atoms with E-state index in [1.54, 1.807) is 12.1 Å². The molecule has 1 saturated heterocycles. The van der Waals surface area contributed by atoms with Crippen molar-refractivity contribution in [1.29, 1.82) is 0 Å². The number of para-hydroxylation sites is 2. The van der Waals surface area contributed by atoms with Crippen molar-refractivity contribution in [3.63, 3.8) is 0 Å². The Kier molecular flexibility index (Phi) is 9.80. The summed E-state index contributed by atoms with van der Waals surface area (Å²) in [6, 6.07) is 53.7. The maximum Gasteiger partial charge on any atom is 0.184 e. The van der Waals surface area contributed by atoms with Crippen molar-refractivity contribution < 1.29 is 36.8 Å². The van der Waals surface area contributed by atoms with Gasteiger partial charge in [-0.15, -0.1) is 29.7 Å². The van der Waals surface area contributed by atoms with E-state index in [1.807, 2.05) is 72.9 Å². The van der Waals surface area contributed by atoms with Crippen LogP contribution in [0.1, 0.15) is 95.5 Å². The first-order valence-corrected chi connectivity index (χ1v) is 25.1. The van der Waals surface area contributed by atoms with Crippen molar-refractivity contribution in [2.45, 2.75) is 85.4 Å². The first-order valence-electron chi connectivity index (χ1n) is 29.1. The average Bonchev–Trinajstić information content (AvgIpc) is 1.76. The molecule has 1 fully saturated rings. The van der Waals surface area contributed by atoms with Gasteiger partial charge in [0.1, 0.15) is 11.5 Å². The first-order chi connectivity index (χ1) is 38.2. The third-order valence-corrected chi connectivity index (χ3v) is 14.9. The summed E-state index contributed by atoms with van der Waals surface area (Å²) in [5.74, 6) is 1.65. The van der Waals surface area contributed by atoms with E-state index < -0.39 is 25.0 Å². The molecule has 5 nitrogen and oxygen atoms in total. The maximum atomic E-state index is 9.39. The van der Waals surface area contributed by atoms with Crippen LogP contribution in [0.2, 0.25) is 0 Å². The summed E-state index contributed by atoms with van der Waals surface area (Å²) in [5.41, 5.74) is 11.4. The van der Waals surface area contributed by atoms with Crippen LogP contribution in [0.4, 0.5) is 22.7 Å². The largest absolute Gasteiger partial charge is 0.509 e. The van der Waals surface area contributed by atoms with Crippen LogP contribution in [0.15, 0.2) is 182 Å². The number of ether oxygens (including phenoxy) is 1. The van der Waals surface area contributed by atoms with Crippen molar-refractivity contribution in [2.75, 3.05) is 6.67 Å². The number of rotatable bonds is 8. The molecule has 0 unspecified atom stereocenters. The van der Waals surface area contributed by atoms with Gasteiger partial charge >= 0.3 is 0 Å². The summed E-state index contributed by atoms with van der Waals surface area (Å²) < 4.78 is 81.3. The minimum atomic E-state index is -2.57. The predicted octanol–water partition coefficient (Wildman–Crippen LogP) is 18.2. The molecule has 8 aromatic carbocycles. The zero-order valence-electron chi connectivity index (χ0n) is 51.2. The average molecular weight is 1160 g/mol. The Hall–Kier alpha value is -6.88. The molecule has 3 aliphatic rings. The van der Waals surface area contributed by atoms with Gasteiger partial charge in [0.05, 0.1) is 13.5 Å². The second kappa shape index (κ2) is 17.9. The van der Waals surface area contributed by atoms with Crippen LogP contribution >= 0.6 is 0 Å². The van der Waals surface area contributed by atoms with Crippen LogP contribution in [0, 0.1) is 25.7 Å². The quantitative estimate of drug-likeness (QED) is 0.112. The van der Waals surface area contributed by atoms with Crippen LogP contribution < -0.4 is 13.7 Å². The minimum Gasteiger partial charge on any atom is -0.509 e. The Balaban J connectivity index is 0.00000705. The van der Waals surface area contributed by atoms with Gasteiger partial charge in [0.25, 0.3) is 0 Å². The van der Waals surface area contributed by atoms with Gasteiger partial charge in [-0.25, -0.2) is 4.98 Å². The van der Waals surface area contributed by atoms with Gasteiger partial charge in [-0.3, -0.25) is 4.48 Å². The zero-order chi connectivity index (χ0) is 57.5. The normalized spacial score (nSPS) is 18.9. The number of fused-ring (bicyclic) bond motifs is 3. The Labute approximate surface area is 463 Å². The summed E-state index contributed by atoms with van der Waals surface area (Å²) in [4.78, 5) is 4.93. The van der Waals surface area contributed by atoms with Gasteiger partial charge in [-0.1, -0.05) is 183 Å². The summed E-state index contributed by atoms with van der Waals surface area (Å²) in [6.45, 7) is 19.4. The molecule has 0 amide bonds. The Morgan fingerprint density at radius 1 is 0.581 bits per heavy atom. The monoisotopic (exact) mass is 1150 g/mol. The fourth-order valence-electron chi connectivity index (χ4n) is 11.0. The van der Waals surface area contributed by atoms with Crippen LogP contribution in [0.25, 0.3) is 61.0 Å². The number of quaternary nitrogens is 2. The molecule has 0 spiro atoms. The topological polar surface area (TPSA) is 27.1 Å². The van der Waals surface area contributed by atoms with E-state index in [4.69, 9.17) is 17.9 Å². The van der Waals surface area contributed by atoms with Gasteiger partial charge < -0.3 is 13.8 Å². The van der Waals surface area contributed by atoms with E-state index in [0.717, 1.165) is 72.3 Å². The molecule has 3 aliphatic heterocycles. The standard InChI is InChI=1S/C68H63N4O.Pt/c1-45-20-17-29-62-64(45)72(65-56(47-23-15-12-16-24-47)27-19-28-57(65)49-36-51(67(5,6)7)39-52(37-49)68(8,9)10)43-71(62,44-72)53-25-18-26-54(41-53)73-55-31-32-58-59-38-48(46-21-13-11-14-22-46)30-33-60(59)70(61(58)42-55)63-40-50(34-35-69-63)66(2,3)4;/h11-40,43H,44H2,1-10H3;/q-1;/t71-,72-;/m1./s1/i1D3,12D,15D,16D,23D,24D;. The molecule has 0 aliphatic carbocycles. The summed E-state index contributed by atoms with van der Waals surface area (Å²) >= 11 is 0. The number of aromatic nitrogens is 2. The molecule has 0 N–H and O–H groups in total. The fraction of sp³-hybridized carbons (Fsp3) is 0.206. The molecule has 0 saturated carbocycles. The van der Waals surface area contributed by atoms with Gasteiger partial charge in [0.15, 0.2) is 18.0 Å². The molecule has 2 bridgehead atoms. The molecule has 13 rings (SSSR count). The smallest absolute Gasteiger partial charge is 0.184 e. The Bertz CT molecular complexity index is 4160.